The van der Waals surface area contributed by atoms with Crippen molar-refractivity contribution >= 4 is 22.9 Å². The molecule has 1 fully saturated rings. The number of aromatic nitrogens is 2. The molecule has 182 valence electrons. The van der Waals surface area contributed by atoms with Crippen molar-refractivity contribution in [2.24, 2.45) is 0 Å². The minimum absolute atomic E-state index is 0.00644. The van der Waals surface area contributed by atoms with E-state index in [0.717, 1.165) is 25.3 Å². The van der Waals surface area contributed by atoms with Gasteiger partial charge in [0.05, 0.1) is 28.7 Å². The van der Waals surface area contributed by atoms with Crippen LogP contribution in [0.2, 0.25) is 0 Å². The second-order valence-electron chi connectivity index (χ2n) is 9.70. The van der Waals surface area contributed by atoms with Gasteiger partial charge < -0.3 is 14.8 Å². The SMILES string of the molecule is CC(C)(O)c1cc(C(F)(F)F)c2nc(NC(=O)C[C@](C)(O)c3ccccc3)n(C3CCC3)c2c1. The first kappa shape index (κ1) is 24.2. The molecule has 1 atom stereocenters. The molecule has 0 unspecified atom stereocenters. The summed E-state index contributed by atoms with van der Waals surface area (Å²) in [4.78, 5) is 17.1. The lowest BCUT2D eigenvalue weighted by molar-refractivity contribution is -0.136. The predicted octanol–water partition coefficient (Wildman–Crippen LogP) is 5.24. The number of alkyl halides is 3. The highest BCUT2D eigenvalue weighted by Crippen LogP contribution is 2.43. The molecule has 3 aromatic rings. The highest BCUT2D eigenvalue weighted by Gasteiger charge is 2.38. The maximum Gasteiger partial charge on any atom is 0.418 e. The molecule has 1 heterocycles. The van der Waals surface area contributed by atoms with Crippen molar-refractivity contribution in [2.45, 2.75) is 69.9 Å². The first-order chi connectivity index (χ1) is 15.8. The predicted molar refractivity (Wildman–Crippen MR) is 122 cm³/mol. The van der Waals surface area contributed by atoms with Gasteiger partial charge in [-0.3, -0.25) is 10.1 Å². The summed E-state index contributed by atoms with van der Waals surface area (Å²) in [5.41, 5.74) is -3.35. The van der Waals surface area contributed by atoms with Crippen LogP contribution in [-0.2, 0) is 22.2 Å². The summed E-state index contributed by atoms with van der Waals surface area (Å²) in [6, 6.07) is 11.0. The van der Waals surface area contributed by atoms with Crippen LogP contribution in [-0.4, -0.2) is 25.7 Å². The summed E-state index contributed by atoms with van der Waals surface area (Å²) in [6.45, 7) is 4.35. The number of benzene rings is 2. The molecule has 0 bridgehead atoms. The second kappa shape index (κ2) is 8.39. The van der Waals surface area contributed by atoms with E-state index in [-0.39, 0.29) is 35.0 Å². The van der Waals surface area contributed by atoms with Gasteiger partial charge >= 0.3 is 6.18 Å². The van der Waals surface area contributed by atoms with Crippen molar-refractivity contribution in [3.63, 3.8) is 0 Å². The summed E-state index contributed by atoms with van der Waals surface area (Å²) >= 11 is 0. The molecule has 0 radical (unpaired) electrons. The molecule has 0 saturated heterocycles. The minimum atomic E-state index is -4.70. The van der Waals surface area contributed by atoms with E-state index in [9.17, 15) is 28.2 Å². The van der Waals surface area contributed by atoms with Crippen LogP contribution >= 0.6 is 0 Å². The van der Waals surface area contributed by atoms with E-state index in [1.165, 1.54) is 26.8 Å². The molecule has 9 heteroatoms. The van der Waals surface area contributed by atoms with Crippen LogP contribution in [0.5, 0.6) is 0 Å². The Morgan fingerprint density at radius 2 is 1.74 bits per heavy atom. The van der Waals surface area contributed by atoms with Crippen LogP contribution in [0.25, 0.3) is 11.0 Å². The van der Waals surface area contributed by atoms with Gasteiger partial charge in [0.1, 0.15) is 5.52 Å². The molecule has 1 saturated carbocycles. The van der Waals surface area contributed by atoms with Gasteiger partial charge in [0.25, 0.3) is 0 Å². The number of imidazole rings is 1. The Kier molecular flexibility index (Phi) is 5.98. The summed E-state index contributed by atoms with van der Waals surface area (Å²) in [5.74, 6) is -0.562. The summed E-state index contributed by atoms with van der Waals surface area (Å²) in [7, 11) is 0. The van der Waals surface area contributed by atoms with Crippen molar-refractivity contribution in [1.29, 1.82) is 0 Å². The molecule has 4 rings (SSSR count). The van der Waals surface area contributed by atoms with Crippen molar-refractivity contribution in [3.05, 3.63) is 59.2 Å². The zero-order valence-corrected chi connectivity index (χ0v) is 19.3. The Labute approximate surface area is 195 Å². The van der Waals surface area contributed by atoms with Crippen molar-refractivity contribution < 1.29 is 28.2 Å². The molecule has 34 heavy (non-hydrogen) atoms. The molecular formula is C25H28F3N3O3. The molecule has 1 aromatic heterocycles. The largest absolute Gasteiger partial charge is 0.418 e. The Morgan fingerprint density at radius 1 is 1.09 bits per heavy atom. The van der Waals surface area contributed by atoms with Gasteiger partial charge in [0.2, 0.25) is 11.9 Å². The number of aliphatic hydroxyl groups is 2. The number of amides is 1. The number of nitrogens with one attached hydrogen (secondary N) is 1. The van der Waals surface area contributed by atoms with E-state index in [2.05, 4.69) is 10.3 Å². The van der Waals surface area contributed by atoms with Crippen molar-refractivity contribution in [1.82, 2.24) is 9.55 Å². The van der Waals surface area contributed by atoms with E-state index >= 15 is 0 Å². The number of carbonyl (C=O) groups excluding carboxylic acids is 1. The third-order valence-electron chi connectivity index (χ3n) is 6.40. The molecule has 0 aliphatic heterocycles. The third-order valence-corrected chi connectivity index (χ3v) is 6.40. The van der Waals surface area contributed by atoms with Crippen molar-refractivity contribution in [2.75, 3.05) is 5.32 Å². The van der Waals surface area contributed by atoms with E-state index in [1.54, 1.807) is 34.9 Å². The molecule has 1 aliphatic carbocycles. The molecule has 1 aliphatic rings. The third kappa shape index (κ3) is 4.67. The summed E-state index contributed by atoms with van der Waals surface area (Å²) in [5, 5.41) is 23.9. The number of anilines is 1. The zero-order chi connectivity index (χ0) is 24.9. The fourth-order valence-electron chi connectivity index (χ4n) is 4.25. The van der Waals surface area contributed by atoms with Crippen LogP contribution in [0.15, 0.2) is 42.5 Å². The number of hydrogen-bond acceptors (Lipinski definition) is 4. The Bertz CT molecular complexity index is 1210. The van der Waals surface area contributed by atoms with Gasteiger partial charge in [-0.2, -0.15) is 13.2 Å². The van der Waals surface area contributed by atoms with Gasteiger partial charge in [0, 0.05) is 6.04 Å². The summed E-state index contributed by atoms with van der Waals surface area (Å²) in [6.07, 6.45) is -2.60. The van der Waals surface area contributed by atoms with E-state index < -0.39 is 28.8 Å². The van der Waals surface area contributed by atoms with Crippen LogP contribution in [0.4, 0.5) is 19.1 Å². The van der Waals surface area contributed by atoms with E-state index in [4.69, 9.17) is 0 Å². The van der Waals surface area contributed by atoms with E-state index in [0.29, 0.717) is 5.56 Å². The number of nitrogens with zero attached hydrogens (tertiary/aromatic N) is 2. The minimum Gasteiger partial charge on any atom is -0.386 e. The maximum absolute atomic E-state index is 13.9. The fraction of sp³-hybridized carbons (Fsp3) is 0.440. The first-order valence-corrected chi connectivity index (χ1v) is 11.2. The monoisotopic (exact) mass is 475 g/mol. The van der Waals surface area contributed by atoms with Crippen LogP contribution < -0.4 is 5.32 Å². The van der Waals surface area contributed by atoms with Crippen LogP contribution in [0.3, 0.4) is 0 Å². The molecule has 0 spiro atoms. The molecule has 3 N–H and O–H groups in total. The van der Waals surface area contributed by atoms with Gasteiger partial charge in [-0.25, -0.2) is 4.98 Å². The molecule has 2 aromatic carbocycles. The van der Waals surface area contributed by atoms with Gasteiger partial charge in [-0.05, 0) is 63.3 Å². The number of hydrogen-bond donors (Lipinski definition) is 3. The number of halogens is 3. The lowest BCUT2D eigenvalue weighted by Gasteiger charge is -2.30. The molecule has 6 nitrogen and oxygen atoms in total. The normalized spacial score (nSPS) is 16.8. The van der Waals surface area contributed by atoms with Gasteiger partial charge in [0.15, 0.2) is 0 Å². The summed E-state index contributed by atoms with van der Waals surface area (Å²) < 4.78 is 43.5. The topological polar surface area (TPSA) is 87.4 Å². The fourth-order valence-corrected chi connectivity index (χ4v) is 4.25. The second-order valence-corrected chi connectivity index (χ2v) is 9.70. The van der Waals surface area contributed by atoms with Gasteiger partial charge in [-0.15, -0.1) is 0 Å². The molecule has 1 amide bonds. The number of rotatable bonds is 6. The average molecular weight is 476 g/mol. The Balaban J connectivity index is 1.77. The van der Waals surface area contributed by atoms with Crippen LogP contribution in [0.1, 0.15) is 69.2 Å². The Morgan fingerprint density at radius 3 is 2.26 bits per heavy atom. The number of carbonyl (C=O) groups is 1. The Hall–Kier alpha value is -2.91. The first-order valence-electron chi connectivity index (χ1n) is 11.2. The highest BCUT2D eigenvalue weighted by molar-refractivity contribution is 5.93. The van der Waals surface area contributed by atoms with Crippen LogP contribution in [0, 0.1) is 0 Å². The standard InChI is InChI=1S/C25H28F3N3O3/c1-23(2,33)16-12-18(25(26,27)28)21-19(13-16)31(17-10-7-11-17)22(30-21)29-20(32)14-24(3,34)15-8-5-4-6-9-15/h4-6,8-9,12-13,17,33-34H,7,10-11,14H2,1-3H3,(H,29,30,32)/t24-/m0/s1. The lowest BCUT2D eigenvalue weighted by Crippen LogP contribution is -2.30. The zero-order valence-electron chi connectivity index (χ0n) is 19.3. The highest BCUT2D eigenvalue weighted by atomic mass is 19.4. The smallest absolute Gasteiger partial charge is 0.386 e. The van der Waals surface area contributed by atoms with Gasteiger partial charge in [-0.1, -0.05) is 30.3 Å². The molecular weight excluding hydrogens is 447 g/mol. The van der Waals surface area contributed by atoms with Crippen molar-refractivity contribution in [3.8, 4) is 0 Å². The number of fused-ring (bicyclic) bond motifs is 1. The maximum atomic E-state index is 13.9. The quantitative estimate of drug-likeness (QED) is 0.455. The van der Waals surface area contributed by atoms with E-state index in [1.807, 2.05) is 0 Å². The lowest BCUT2D eigenvalue weighted by atomic mass is 9.91. The average Bonchev–Trinajstić information content (AvgIpc) is 3.02.